The highest BCUT2D eigenvalue weighted by Crippen LogP contribution is 2.21. The monoisotopic (exact) mass is 280 g/mol. The average Bonchev–Trinajstić information content (AvgIpc) is 2.84. The van der Waals surface area contributed by atoms with Crippen LogP contribution in [0.1, 0.15) is 21.7 Å². The Hall–Kier alpha value is -2.62. The van der Waals surface area contributed by atoms with Crippen LogP contribution in [0.15, 0.2) is 42.5 Å². The summed E-state index contributed by atoms with van der Waals surface area (Å²) in [5, 5.41) is 0. The summed E-state index contributed by atoms with van der Waals surface area (Å²) in [7, 11) is 3.59. The van der Waals surface area contributed by atoms with Crippen LogP contribution in [0.3, 0.4) is 0 Å². The van der Waals surface area contributed by atoms with E-state index in [0.29, 0.717) is 17.7 Å². The fraction of sp³-hybridized carbons (Fsp3) is 0.176. The fourth-order valence-electron chi connectivity index (χ4n) is 2.49. The first-order chi connectivity index (χ1) is 10.2. The van der Waals surface area contributed by atoms with Gasteiger partial charge in [0, 0.05) is 19.0 Å². The molecule has 0 saturated carbocycles. The molecule has 21 heavy (non-hydrogen) atoms. The molecule has 0 fully saturated rings. The Balaban J connectivity index is 2.02. The van der Waals surface area contributed by atoms with Crippen LogP contribution in [-0.2, 0) is 13.5 Å². The molecule has 0 amide bonds. The number of rotatable bonds is 4. The molecule has 2 aromatic carbocycles. The van der Waals surface area contributed by atoms with Gasteiger partial charge < -0.3 is 9.30 Å². The van der Waals surface area contributed by atoms with E-state index in [1.54, 1.807) is 13.2 Å². The first-order valence-electron chi connectivity index (χ1n) is 6.75. The molecule has 0 aliphatic heterocycles. The summed E-state index contributed by atoms with van der Waals surface area (Å²) in [4.78, 5) is 15.9. The van der Waals surface area contributed by atoms with Crippen molar-refractivity contribution < 1.29 is 9.53 Å². The van der Waals surface area contributed by atoms with Crippen molar-refractivity contribution in [1.82, 2.24) is 9.55 Å². The number of carbonyl (C=O) groups is 1. The van der Waals surface area contributed by atoms with E-state index in [0.717, 1.165) is 28.7 Å². The Morgan fingerprint density at radius 3 is 2.76 bits per heavy atom. The molecule has 106 valence electrons. The maximum Gasteiger partial charge on any atom is 0.150 e. The van der Waals surface area contributed by atoms with Gasteiger partial charge in [0.1, 0.15) is 17.9 Å². The topological polar surface area (TPSA) is 44.1 Å². The fourth-order valence-corrected chi connectivity index (χ4v) is 2.49. The van der Waals surface area contributed by atoms with E-state index < -0.39 is 0 Å². The summed E-state index contributed by atoms with van der Waals surface area (Å²) in [5.74, 6) is 1.62. The summed E-state index contributed by atoms with van der Waals surface area (Å²) in [6.45, 7) is 0. The molecule has 0 unspecified atom stereocenters. The van der Waals surface area contributed by atoms with Crippen molar-refractivity contribution in [2.45, 2.75) is 6.42 Å². The van der Waals surface area contributed by atoms with E-state index in [1.807, 2.05) is 43.4 Å². The summed E-state index contributed by atoms with van der Waals surface area (Å²) in [6.07, 6.45) is 1.48. The number of aldehydes is 1. The quantitative estimate of drug-likeness (QED) is 0.690. The van der Waals surface area contributed by atoms with Gasteiger partial charge in [0.25, 0.3) is 0 Å². The highest BCUT2D eigenvalue weighted by molar-refractivity contribution is 5.79. The lowest BCUT2D eigenvalue weighted by Crippen LogP contribution is -2.02. The van der Waals surface area contributed by atoms with Crippen molar-refractivity contribution in [3.8, 4) is 5.75 Å². The number of aryl methyl sites for hydroxylation is 1. The predicted molar refractivity (Wildman–Crippen MR) is 81.9 cm³/mol. The minimum Gasteiger partial charge on any atom is -0.497 e. The summed E-state index contributed by atoms with van der Waals surface area (Å²) in [6, 6.07) is 13.5. The summed E-state index contributed by atoms with van der Waals surface area (Å²) < 4.78 is 7.22. The lowest BCUT2D eigenvalue weighted by atomic mass is 10.0. The van der Waals surface area contributed by atoms with Gasteiger partial charge in [0.2, 0.25) is 0 Å². The third-order valence-corrected chi connectivity index (χ3v) is 3.71. The second-order valence-electron chi connectivity index (χ2n) is 4.94. The van der Waals surface area contributed by atoms with Gasteiger partial charge in [-0.2, -0.15) is 0 Å². The largest absolute Gasteiger partial charge is 0.497 e. The minimum absolute atomic E-state index is 0.614. The molecule has 4 nitrogen and oxygen atoms in total. The minimum atomic E-state index is 0.614. The molecule has 0 saturated heterocycles. The van der Waals surface area contributed by atoms with Crippen LogP contribution in [-0.4, -0.2) is 22.9 Å². The zero-order valence-electron chi connectivity index (χ0n) is 12.0. The average molecular weight is 280 g/mol. The van der Waals surface area contributed by atoms with Crippen LogP contribution in [0.4, 0.5) is 0 Å². The van der Waals surface area contributed by atoms with E-state index in [1.165, 1.54) is 0 Å². The predicted octanol–water partition coefficient (Wildman–Crippen LogP) is 2.99. The van der Waals surface area contributed by atoms with E-state index in [2.05, 4.69) is 9.55 Å². The number of ether oxygens (including phenoxy) is 1. The van der Waals surface area contributed by atoms with Crippen molar-refractivity contribution >= 4 is 17.3 Å². The van der Waals surface area contributed by atoms with Gasteiger partial charge in [-0.1, -0.05) is 18.2 Å². The number of imidazole rings is 1. The van der Waals surface area contributed by atoms with Gasteiger partial charge in [0.15, 0.2) is 0 Å². The first kappa shape index (κ1) is 13.4. The van der Waals surface area contributed by atoms with Crippen molar-refractivity contribution in [2.75, 3.05) is 7.11 Å². The molecular weight excluding hydrogens is 264 g/mol. The van der Waals surface area contributed by atoms with Gasteiger partial charge in [-0.25, -0.2) is 4.98 Å². The third kappa shape index (κ3) is 2.40. The SMILES string of the molecule is COc1ccc(Cc2nc3ccccc3n2C)c(C=O)c1. The molecule has 3 rings (SSSR count). The van der Waals surface area contributed by atoms with Gasteiger partial charge >= 0.3 is 0 Å². The molecule has 3 aromatic rings. The molecule has 1 aromatic heterocycles. The third-order valence-electron chi connectivity index (χ3n) is 3.71. The number of para-hydroxylation sites is 2. The highest BCUT2D eigenvalue weighted by atomic mass is 16.5. The number of fused-ring (bicyclic) bond motifs is 1. The Kier molecular flexibility index (Phi) is 3.44. The molecule has 0 bridgehead atoms. The van der Waals surface area contributed by atoms with E-state index >= 15 is 0 Å². The lowest BCUT2D eigenvalue weighted by molar-refractivity contribution is 0.112. The summed E-state index contributed by atoms with van der Waals surface area (Å²) in [5.41, 5.74) is 3.65. The molecule has 0 aliphatic rings. The lowest BCUT2D eigenvalue weighted by Gasteiger charge is -2.07. The number of aromatic nitrogens is 2. The van der Waals surface area contributed by atoms with Crippen molar-refractivity contribution in [1.29, 1.82) is 0 Å². The standard InChI is InChI=1S/C17H16N2O2/c1-19-16-6-4-3-5-15(16)18-17(19)10-12-7-8-14(21-2)9-13(12)11-20/h3-9,11H,10H2,1-2H3. The van der Waals surface area contributed by atoms with Crippen LogP contribution in [0.5, 0.6) is 5.75 Å². The van der Waals surface area contributed by atoms with Crippen LogP contribution >= 0.6 is 0 Å². The van der Waals surface area contributed by atoms with Crippen molar-refractivity contribution in [3.63, 3.8) is 0 Å². The maximum atomic E-state index is 11.3. The van der Waals surface area contributed by atoms with E-state index in [9.17, 15) is 4.79 Å². The molecule has 1 heterocycles. The van der Waals surface area contributed by atoms with Crippen molar-refractivity contribution in [2.24, 2.45) is 7.05 Å². The molecule has 0 spiro atoms. The normalized spacial score (nSPS) is 10.8. The van der Waals surface area contributed by atoms with E-state index in [-0.39, 0.29) is 0 Å². The first-order valence-corrected chi connectivity index (χ1v) is 6.75. The summed E-state index contributed by atoms with van der Waals surface area (Å²) >= 11 is 0. The van der Waals surface area contributed by atoms with Gasteiger partial charge in [-0.05, 0) is 29.8 Å². The van der Waals surface area contributed by atoms with Crippen LogP contribution in [0, 0.1) is 0 Å². The number of methoxy groups -OCH3 is 1. The second-order valence-corrected chi connectivity index (χ2v) is 4.94. The smallest absolute Gasteiger partial charge is 0.150 e. The number of hydrogen-bond acceptors (Lipinski definition) is 3. The van der Waals surface area contributed by atoms with Crippen molar-refractivity contribution in [3.05, 3.63) is 59.4 Å². The van der Waals surface area contributed by atoms with E-state index in [4.69, 9.17) is 4.74 Å². The van der Waals surface area contributed by atoms with Crippen LogP contribution in [0.25, 0.3) is 11.0 Å². The number of benzene rings is 2. The second kappa shape index (κ2) is 5.40. The van der Waals surface area contributed by atoms with Crippen LogP contribution < -0.4 is 4.74 Å². The Bertz CT molecular complexity index is 806. The molecular formula is C17H16N2O2. The Morgan fingerprint density at radius 1 is 1.24 bits per heavy atom. The van der Waals surface area contributed by atoms with Gasteiger partial charge in [-0.15, -0.1) is 0 Å². The number of nitrogens with zero attached hydrogens (tertiary/aromatic N) is 2. The molecule has 0 radical (unpaired) electrons. The van der Waals surface area contributed by atoms with Crippen LogP contribution in [0.2, 0.25) is 0 Å². The molecule has 0 aliphatic carbocycles. The highest BCUT2D eigenvalue weighted by Gasteiger charge is 2.11. The van der Waals surface area contributed by atoms with Gasteiger partial charge in [0.05, 0.1) is 18.1 Å². The maximum absolute atomic E-state index is 11.3. The Labute approximate surface area is 123 Å². The number of hydrogen-bond donors (Lipinski definition) is 0. The Morgan fingerprint density at radius 2 is 2.05 bits per heavy atom. The molecule has 0 atom stereocenters. The molecule has 0 N–H and O–H groups in total. The zero-order valence-corrected chi connectivity index (χ0v) is 12.0. The zero-order chi connectivity index (χ0) is 14.8. The molecule has 4 heteroatoms. The number of carbonyl (C=O) groups excluding carboxylic acids is 1. The van der Waals surface area contributed by atoms with Gasteiger partial charge in [-0.3, -0.25) is 4.79 Å².